The minimum absolute atomic E-state index is 0.0340. The number of halogens is 1. The Bertz CT molecular complexity index is 655. The summed E-state index contributed by atoms with van der Waals surface area (Å²) in [4.78, 5) is 11.6. The molecule has 0 bridgehead atoms. The Kier molecular flexibility index (Phi) is 3.66. The van der Waals surface area contributed by atoms with Crippen LogP contribution in [0.5, 0.6) is 0 Å². The molecule has 102 valence electrons. The predicted octanol–water partition coefficient (Wildman–Crippen LogP) is 1.77. The molecule has 0 radical (unpaired) electrons. The number of carbonyl (C=O) groups excluding carboxylic acids is 1. The van der Waals surface area contributed by atoms with Gasteiger partial charge in [-0.3, -0.25) is 4.79 Å². The van der Waals surface area contributed by atoms with E-state index < -0.39 is 10.0 Å². The van der Waals surface area contributed by atoms with Gasteiger partial charge in [0.25, 0.3) is 0 Å². The van der Waals surface area contributed by atoms with Crippen molar-refractivity contribution in [1.29, 1.82) is 0 Å². The van der Waals surface area contributed by atoms with Crippen LogP contribution in [0, 0.1) is 0 Å². The van der Waals surface area contributed by atoms with Gasteiger partial charge in [0.15, 0.2) is 0 Å². The van der Waals surface area contributed by atoms with Crippen LogP contribution < -0.4 is 10.0 Å². The molecule has 0 saturated heterocycles. The zero-order valence-electron chi connectivity index (χ0n) is 10.2. The zero-order chi connectivity index (χ0) is 14.2. The number of rotatable bonds is 4. The molecule has 7 heteroatoms. The first kappa shape index (κ1) is 14.0. The average Bonchev–Trinajstić information content (AvgIpc) is 2.63. The van der Waals surface area contributed by atoms with Crippen molar-refractivity contribution in [1.82, 2.24) is 4.72 Å². The predicted molar refractivity (Wildman–Crippen MR) is 73.7 cm³/mol. The molecule has 1 aromatic rings. The summed E-state index contributed by atoms with van der Waals surface area (Å²) in [5.41, 5.74) is 1.33. The number of carbonyl (C=O) groups is 1. The molecule has 1 atom stereocenters. The third-order valence-electron chi connectivity index (χ3n) is 2.90. The Morgan fingerprint density at radius 2 is 2.21 bits per heavy atom. The van der Waals surface area contributed by atoms with Crippen molar-refractivity contribution in [3.63, 3.8) is 0 Å². The normalized spacial score (nSPS) is 18.0. The topological polar surface area (TPSA) is 75.3 Å². The van der Waals surface area contributed by atoms with Crippen molar-refractivity contribution in [3.8, 4) is 0 Å². The fraction of sp³-hybridized carbons (Fsp3) is 0.250. The Hall–Kier alpha value is -1.37. The highest BCUT2D eigenvalue weighted by atomic mass is 35.5. The maximum Gasteiger partial charge on any atom is 0.240 e. The van der Waals surface area contributed by atoms with Gasteiger partial charge in [0.1, 0.15) is 0 Å². The van der Waals surface area contributed by atoms with Crippen LogP contribution in [0.15, 0.2) is 34.7 Å². The molecular formula is C12H13ClN2O3S. The van der Waals surface area contributed by atoms with Crippen LogP contribution in [0.2, 0.25) is 0 Å². The van der Waals surface area contributed by atoms with E-state index in [1.807, 2.05) is 0 Å². The van der Waals surface area contributed by atoms with Crippen molar-refractivity contribution >= 4 is 33.2 Å². The minimum atomic E-state index is -3.65. The van der Waals surface area contributed by atoms with Crippen LogP contribution in [-0.2, 0) is 14.8 Å². The third-order valence-corrected chi connectivity index (χ3v) is 4.44. The van der Waals surface area contributed by atoms with Crippen molar-refractivity contribution in [2.45, 2.75) is 17.7 Å². The van der Waals surface area contributed by atoms with E-state index in [1.165, 1.54) is 12.1 Å². The van der Waals surface area contributed by atoms with Crippen LogP contribution in [-0.4, -0.2) is 20.9 Å². The third kappa shape index (κ3) is 2.80. The first-order valence-corrected chi connectivity index (χ1v) is 7.45. The lowest BCUT2D eigenvalue weighted by Gasteiger charge is -2.08. The van der Waals surface area contributed by atoms with Crippen molar-refractivity contribution < 1.29 is 13.2 Å². The van der Waals surface area contributed by atoms with E-state index in [0.29, 0.717) is 11.3 Å². The molecule has 0 aliphatic carbocycles. The fourth-order valence-electron chi connectivity index (χ4n) is 1.82. The summed E-state index contributed by atoms with van der Waals surface area (Å²) < 4.78 is 26.3. The van der Waals surface area contributed by atoms with Gasteiger partial charge in [-0.15, -0.1) is 0 Å². The van der Waals surface area contributed by atoms with Crippen molar-refractivity contribution in [2.24, 2.45) is 0 Å². The highest BCUT2D eigenvalue weighted by molar-refractivity contribution is 7.89. The number of anilines is 1. The first-order valence-electron chi connectivity index (χ1n) is 5.59. The summed E-state index contributed by atoms with van der Waals surface area (Å²) in [6, 6.07) is 4.52. The number of fused-ring (bicyclic) bond motifs is 1. The maximum atomic E-state index is 12.0. The van der Waals surface area contributed by atoms with Gasteiger partial charge in [-0.2, -0.15) is 0 Å². The minimum Gasteiger partial charge on any atom is -0.325 e. The van der Waals surface area contributed by atoms with E-state index in [0.717, 1.165) is 0 Å². The monoisotopic (exact) mass is 300 g/mol. The van der Waals surface area contributed by atoms with Gasteiger partial charge in [0, 0.05) is 17.3 Å². The summed E-state index contributed by atoms with van der Waals surface area (Å²) in [7, 11) is -3.65. The van der Waals surface area contributed by atoms with Crippen LogP contribution in [0.4, 0.5) is 5.69 Å². The largest absolute Gasteiger partial charge is 0.325 e. The number of sulfonamides is 1. The molecule has 1 unspecified atom stereocenters. The van der Waals surface area contributed by atoms with Crippen LogP contribution in [0.3, 0.4) is 0 Å². The molecule has 19 heavy (non-hydrogen) atoms. The van der Waals surface area contributed by atoms with Crippen LogP contribution in [0.1, 0.15) is 18.4 Å². The molecule has 5 nitrogen and oxygen atoms in total. The first-order chi connectivity index (χ1) is 8.81. The molecule has 2 rings (SSSR count). The molecule has 1 aliphatic rings. The average molecular weight is 301 g/mol. The van der Waals surface area contributed by atoms with Gasteiger partial charge < -0.3 is 5.32 Å². The summed E-state index contributed by atoms with van der Waals surface area (Å²) in [6.45, 7) is 5.11. The van der Waals surface area contributed by atoms with E-state index >= 15 is 0 Å². The summed E-state index contributed by atoms with van der Waals surface area (Å²) in [5.74, 6) is -0.486. The summed E-state index contributed by atoms with van der Waals surface area (Å²) in [5, 5.41) is 2.89. The Morgan fingerprint density at radius 1 is 1.53 bits per heavy atom. The zero-order valence-corrected chi connectivity index (χ0v) is 11.8. The van der Waals surface area contributed by atoms with Gasteiger partial charge in [-0.25, -0.2) is 13.1 Å². The summed E-state index contributed by atoms with van der Waals surface area (Å²) in [6.07, 6.45) is 0. The Balaban J connectivity index is 2.33. The van der Waals surface area contributed by atoms with E-state index in [1.54, 1.807) is 13.0 Å². The van der Waals surface area contributed by atoms with Gasteiger partial charge in [0.05, 0.1) is 10.8 Å². The lowest BCUT2D eigenvalue weighted by molar-refractivity contribution is -0.116. The number of hydrogen-bond acceptors (Lipinski definition) is 3. The second-order valence-corrected chi connectivity index (χ2v) is 6.60. The van der Waals surface area contributed by atoms with Gasteiger partial charge in [-0.1, -0.05) is 18.2 Å². The molecule has 1 amide bonds. The summed E-state index contributed by atoms with van der Waals surface area (Å²) >= 11 is 5.53. The number of nitrogens with one attached hydrogen (secondary N) is 2. The highest BCUT2D eigenvalue weighted by Gasteiger charge is 2.28. The number of hydrogen-bond donors (Lipinski definition) is 2. The molecule has 0 spiro atoms. The number of benzene rings is 1. The second-order valence-electron chi connectivity index (χ2n) is 4.30. The van der Waals surface area contributed by atoms with Crippen LogP contribution in [0.25, 0.3) is 0 Å². The van der Waals surface area contributed by atoms with Crippen LogP contribution >= 0.6 is 11.6 Å². The van der Waals surface area contributed by atoms with E-state index in [-0.39, 0.29) is 28.3 Å². The SMILES string of the molecule is C=C(Cl)CNS(=O)(=O)c1ccc2c(c1)C(C)C(=O)N2. The molecular weight excluding hydrogens is 288 g/mol. The lowest BCUT2D eigenvalue weighted by atomic mass is 10.0. The molecule has 0 saturated carbocycles. The van der Waals surface area contributed by atoms with E-state index in [9.17, 15) is 13.2 Å². The lowest BCUT2D eigenvalue weighted by Crippen LogP contribution is -2.24. The highest BCUT2D eigenvalue weighted by Crippen LogP contribution is 2.33. The van der Waals surface area contributed by atoms with E-state index in [2.05, 4.69) is 16.6 Å². The molecule has 0 aromatic heterocycles. The van der Waals surface area contributed by atoms with Gasteiger partial charge in [-0.05, 0) is 30.7 Å². The van der Waals surface area contributed by atoms with E-state index in [4.69, 9.17) is 11.6 Å². The quantitative estimate of drug-likeness (QED) is 0.890. The Labute approximate surface area is 116 Å². The fourth-order valence-corrected chi connectivity index (χ4v) is 3.03. The second kappa shape index (κ2) is 4.96. The van der Waals surface area contributed by atoms with Crippen molar-refractivity contribution in [3.05, 3.63) is 35.4 Å². The Morgan fingerprint density at radius 3 is 2.84 bits per heavy atom. The standard InChI is InChI=1S/C12H13ClN2O3S/c1-7(13)6-14-19(17,18)9-3-4-11-10(5-9)8(2)12(16)15-11/h3-5,8,14H,1,6H2,2H3,(H,15,16). The molecule has 1 heterocycles. The maximum absolute atomic E-state index is 12.0. The number of amides is 1. The molecule has 1 aromatic carbocycles. The van der Waals surface area contributed by atoms with Gasteiger partial charge in [0.2, 0.25) is 15.9 Å². The molecule has 1 aliphatic heterocycles. The van der Waals surface area contributed by atoms with Crippen molar-refractivity contribution in [2.75, 3.05) is 11.9 Å². The smallest absolute Gasteiger partial charge is 0.240 e. The van der Waals surface area contributed by atoms with Gasteiger partial charge >= 0.3 is 0 Å². The molecule has 0 fully saturated rings. The molecule has 2 N–H and O–H groups in total.